The monoisotopic (exact) mass is 447 g/mol. The predicted octanol–water partition coefficient (Wildman–Crippen LogP) is 5.27. The Bertz CT molecular complexity index is 1220. The van der Waals surface area contributed by atoms with Gasteiger partial charge in [0.15, 0.2) is 11.6 Å². The second-order valence-electron chi connectivity index (χ2n) is 9.18. The Morgan fingerprint density at radius 1 is 1.28 bits per heavy atom. The second kappa shape index (κ2) is 8.61. The number of carbonyl (C=O) groups is 1. The average Bonchev–Trinajstić information content (AvgIpc) is 3.24. The zero-order valence-electron chi connectivity index (χ0n) is 19.3. The van der Waals surface area contributed by atoms with Gasteiger partial charge in [0, 0.05) is 10.8 Å². The number of nitriles is 1. The van der Waals surface area contributed by atoms with E-state index in [0.717, 1.165) is 57.7 Å². The number of nitrogens with zero attached hydrogens (tertiary/aromatic N) is 4. The summed E-state index contributed by atoms with van der Waals surface area (Å²) in [6, 6.07) is 9.93. The molecule has 3 heterocycles. The minimum absolute atomic E-state index is 0.0612. The van der Waals surface area contributed by atoms with E-state index in [0.29, 0.717) is 11.4 Å². The van der Waals surface area contributed by atoms with Crippen LogP contribution in [0.2, 0.25) is 0 Å². The first-order chi connectivity index (χ1) is 15.2. The number of ketones is 1. The van der Waals surface area contributed by atoms with Crippen molar-refractivity contribution in [1.82, 2.24) is 15.1 Å². The zero-order valence-corrected chi connectivity index (χ0v) is 20.1. The Labute approximate surface area is 193 Å². The van der Waals surface area contributed by atoms with Gasteiger partial charge in [-0.2, -0.15) is 10.4 Å². The lowest BCUT2D eigenvalue weighted by molar-refractivity contribution is 0.0683. The largest absolute Gasteiger partial charge is 0.362 e. The van der Waals surface area contributed by atoms with E-state index in [2.05, 4.69) is 47.4 Å². The number of aryl methyl sites for hydroxylation is 1. The van der Waals surface area contributed by atoms with Crippen LogP contribution in [0.4, 0.5) is 5.82 Å². The topological polar surface area (TPSA) is 81.9 Å². The van der Waals surface area contributed by atoms with E-state index >= 15 is 0 Å². The van der Waals surface area contributed by atoms with Crippen LogP contribution in [0.25, 0.3) is 10.1 Å². The third kappa shape index (κ3) is 4.01. The van der Waals surface area contributed by atoms with Crippen LogP contribution in [0.5, 0.6) is 0 Å². The number of likely N-dealkylation sites (tertiary alicyclic amines) is 1. The first kappa shape index (κ1) is 22.4. The highest BCUT2D eigenvalue weighted by molar-refractivity contribution is 7.21. The molecule has 1 aromatic carbocycles. The number of carbonyl (C=O) groups excluding carboxylic acids is 1. The van der Waals surface area contributed by atoms with Gasteiger partial charge in [0.2, 0.25) is 0 Å². The Kier molecular flexibility index (Phi) is 6.02. The van der Waals surface area contributed by atoms with Crippen LogP contribution >= 0.6 is 11.3 Å². The van der Waals surface area contributed by atoms with Gasteiger partial charge < -0.3 is 10.2 Å². The highest BCUT2D eigenvalue weighted by Gasteiger charge is 2.37. The summed E-state index contributed by atoms with van der Waals surface area (Å²) in [7, 11) is 2.11. The van der Waals surface area contributed by atoms with Gasteiger partial charge in [0.1, 0.15) is 0 Å². The molecule has 2 aromatic heterocycles. The van der Waals surface area contributed by atoms with Crippen LogP contribution in [-0.2, 0) is 0 Å². The third-order valence-corrected chi connectivity index (χ3v) is 8.04. The number of anilines is 1. The highest BCUT2D eigenvalue weighted by atomic mass is 32.1. The summed E-state index contributed by atoms with van der Waals surface area (Å²) in [5, 5.41) is 22.5. The number of benzene rings is 1. The molecule has 0 spiro atoms. The molecule has 1 atom stereocenters. The first-order valence-electron chi connectivity index (χ1n) is 11.0. The van der Waals surface area contributed by atoms with E-state index in [4.69, 9.17) is 0 Å². The average molecular weight is 448 g/mol. The molecule has 0 unspecified atom stereocenters. The van der Waals surface area contributed by atoms with Crippen molar-refractivity contribution in [3.05, 3.63) is 51.5 Å². The van der Waals surface area contributed by atoms with Crippen molar-refractivity contribution in [2.45, 2.75) is 46.6 Å². The van der Waals surface area contributed by atoms with Gasteiger partial charge in [-0.05, 0) is 77.0 Å². The molecule has 1 saturated heterocycles. The van der Waals surface area contributed by atoms with Crippen LogP contribution in [0.1, 0.15) is 64.8 Å². The normalized spacial score (nSPS) is 17.1. The maximum atomic E-state index is 13.5. The van der Waals surface area contributed by atoms with E-state index in [1.165, 1.54) is 11.3 Å². The molecule has 6 nitrogen and oxygen atoms in total. The number of aromatic nitrogens is 2. The Morgan fingerprint density at radius 3 is 2.69 bits per heavy atom. The molecule has 0 amide bonds. The lowest BCUT2D eigenvalue weighted by Gasteiger charge is -2.36. The van der Waals surface area contributed by atoms with Gasteiger partial charge in [-0.25, -0.2) is 0 Å². The summed E-state index contributed by atoms with van der Waals surface area (Å²) >= 11 is 1.52. The number of fused-ring (bicyclic) bond motifs is 1. The van der Waals surface area contributed by atoms with Gasteiger partial charge in [-0.3, -0.25) is 4.79 Å². The van der Waals surface area contributed by atoms with Crippen molar-refractivity contribution in [3.8, 4) is 6.07 Å². The van der Waals surface area contributed by atoms with Crippen molar-refractivity contribution in [2.24, 2.45) is 5.41 Å². The van der Waals surface area contributed by atoms with Crippen LogP contribution in [0.3, 0.4) is 0 Å². The molecule has 3 aromatic rings. The van der Waals surface area contributed by atoms with E-state index in [-0.39, 0.29) is 17.2 Å². The van der Waals surface area contributed by atoms with Crippen molar-refractivity contribution in [2.75, 3.05) is 25.5 Å². The van der Waals surface area contributed by atoms with E-state index in [1.807, 2.05) is 38.1 Å². The maximum Gasteiger partial charge on any atom is 0.178 e. The van der Waals surface area contributed by atoms with E-state index < -0.39 is 0 Å². The molecule has 0 radical (unpaired) electrons. The molecular formula is C25H29N5OS. The Morgan fingerprint density at radius 2 is 2.00 bits per heavy atom. The molecule has 4 rings (SSSR count). The second-order valence-corrected chi connectivity index (χ2v) is 10.2. The van der Waals surface area contributed by atoms with E-state index in [9.17, 15) is 10.1 Å². The lowest BCUT2D eigenvalue weighted by Crippen LogP contribution is -2.40. The minimum Gasteiger partial charge on any atom is -0.362 e. The SMILES string of the molecule is Cc1c(C#N)cccc1[C@@H](C)Nc1nnc(C)c2sc(C(=O)C3(C)CCN(C)CC3)cc12. The smallest absolute Gasteiger partial charge is 0.178 e. The standard InChI is InChI=1S/C25H29N5OS/c1-15-18(14-26)7-6-8-19(15)16(2)27-24-20-13-21(32-22(20)17(3)28-29-24)23(31)25(4)9-11-30(5)12-10-25/h6-8,13,16H,9-12H2,1-5H3,(H,27,29)/t16-/m1/s1. The molecule has 0 bridgehead atoms. The molecule has 1 fully saturated rings. The van der Waals surface area contributed by atoms with Crippen molar-refractivity contribution >= 4 is 33.0 Å². The summed E-state index contributed by atoms with van der Waals surface area (Å²) in [5.74, 6) is 0.895. The molecule has 1 aliphatic heterocycles. The first-order valence-corrected chi connectivity index (χ1v) is 11.8. The maximum absolute atomic E-state index is 13.5. The number of hydrogen-bond acceptors (Lipinski definition) is 7. The summed E-state index contributed by atoms with van der Waals surface area (Å²) in [5.41, 5.74) is 3.19. The summed E-state index contributed by atoms with van der Waals surface area (Å²) in [4.78, 5) is 16.5. The molecular weight excluding hydrogens is 418 g/mol. The fraction of sp³-hybridized carbons (Fsp3) is 0.440. The lowest BCUT2D eigenvalue weighted by atomic mass is 9.76. The van der Waals surface area contributed by atoms with Crippen LogP contribution in [0.15, 0.2) is 24.3 Å². The van der Waals surface area contributed by atoms with Crippen LogP contribution < -0.4 is 5.32 Å². The van der Waals surface area contributed by atoms with E-state index in [1.54, 1.807) is 0 Å². The molecule has 0 saturated carbocycles. The molecule has 1 aliphatic rings. The quantitative estimate of drug-likeness (QED) is 0.537. The molecule has 0 aliphatic carbocycles. The van der Waals surface area contributed by atoms with Crippen molar-refractivity contribution in [1.29, 1.82) is 5.26 Å². The van der Waals surface area contributed by atoms with Crippen LogP contribution in [-0.4, -0.2) is 41.0 Å². The number of nitrogens with one attached hydrogen (secondary N) is 1. The van der Waals surface area contributed by atoms with Gasteiger partial charge >= 0.3 is 0 Å². The number of Topliss-reactive ketones (excluding diaryl/α,β-unsaturated/α-hetero) is 1. The van der Waals surface area contributed by atoms with Gasteiger partial charge in [-0.1, -0.05) is 19.1 Å². The predicted molar refractivity (Wildman–Crippen MR) is 129 cm³/mol. The van der Waals surface area contributed by atoms with Gasteiger partial charge in [-0.15, -0.1) is 16.4 Å². The number of hydrogen-bond donors (Lipinski definition) is 1. The summed E-state index contributed by atoms with van der Waals surface area (Å²) in [6.07, 6.45) is 1.76. The zero-order chi connectivity index (χ0) is 23.0. The fourth-order valence-corrected chi connectivity index (χ4v) is 5.63. The summed E-state index contributed by atoms with van der Waals surface area (Å²) < 4.78 is 0.997. The number of rotatable bonds is 5. The Balaban J connectivity index is 1.67. The minimum atomic E-state index is -0.322. The number of piperidine rings is 1. The fourth-order valence-electron chi connectivity index (χ4n) is 4.44. The summed E-state index contributed by atoms with van der Waals surface area (Å²) in [6.45, 7) is 9.94. The highest BCUT2D eigenvalue weighted by Crippen LogP contribution is 2.40. The Hall–Kier alpha value is -2.82. The van der Waals surface area contributed by atoms with Gasteiger partial charge in [0.05, 0.1) is 32.9 Å². The number of thiophene rings is 1. The van der Waals surface area contributed by atoms with Crippen molar-refractivity contribution < 1.29 is 4.79 Å². The molecule has 166 valence electrons. The third-order valence-electron chi connectivity index (χ3n) is 6.79. The molecule has 7 heteroatoms. The molecule has 32 heavy (non-hydrogen) atoms. The van der Waals surface area contributed by atoms with Crippen molar-refractivity contribution in [3.63, 3.8) is 0 Å². The van der Waals surface area contributed by atoms with Crippen LogP contribution in [0, 0.1) is 30.6 Å². The molecule has 1 N–H and O–H groups in total. The van der Waals surface area contributed by atoms with Gasteiger partial charge in [0.25, 0.3) is 0 Å².